The number of nitriles is 3. The van der Waals surface area contributed by atoms with Gasteiger partial charge in [0.2, 0.25) is 0 Å². The van der Waals surface area contributed by atoms with E-state index in [9.17, 15) is 15.8 Å². The van der Waals surface area contributed by atoms with Gasteiger partial charge in [0.1, 0.15) is 6.07 Å². The van der Waals surface area contributed by atoms with Crippen molar-refractivity contribution < 1.29 is 0 Å². The van der Waals surface area contributed by atoms with Crippen molar-refractivity contribution in [1.29, 1.82) is 15.8 Å². The summed E-state index contributed by atoms with van der Waals surface area (Å²) in [5, 5.41) is 29.5. The van der Waals surface area contributed by atoms with Gasteiger partial charge in [-0.15, -0.1) is 0 Å². The highest BCUT2D eigenvalue weighted by molar-refractivity contribution is 5.56. The third-order valence-corrected chi connectivity index (χ3v) is 5.73. The van der Waals surface area contributed by atoms with Crippen molar-refractivity contribution in [2.75, 3.05) is 20.1 Å². The lowest BCUT2D eigenvalue weighted by atomic mass is 9.55. The summed E-state index contributed by atoms with van der Waals surface area (Å²) in [6.07, 6.45) is 9.12. The second kappa shape index (κ2) is 6.16. The number of hydrogen-bond donors (Lipinski definition) is 1. The SMILES string of the molecule is CN1CC=C2C(C#N)=C(N)C(C#N)(C#N)[C@H]([C@@H]3CC=CCC3)[C@@H]2C1. The van der Waals surface area contributed by atoms with E-state index < -0.39 is 5.41 Å². The number of nitrogens with zero attached hydrogens (tertiary/aromatic N) is 4. The third kappa shape index (κ3) is 2.23. The Morgan fingerprint density at radius 2 is 2.00 bits per heavy atom. The zero-order valence-electron chi connectivity index (χ0n) is 13.9. The molecule has 0 saturated heterocycles. The predicted octanol–water partition coefficient (Wildman–Crippen LogP) is 2.23. The topological polar surface area (TPSA) is 101 Å². The van der Waals surface area contributed by atoms with Gasteiger partial charge in [-0.3, -0.25) is 0 Å². The number of fused-ring (bicyclic) bond motifs is 1. The van der Waals surface area contributed by atoms with Crippen molar-refractivity contribution >= 4 is 0 Å². The second-order valence-electron chi connectivity index (χ2n) is 6.99. The lowest BCUT2D eigenvalue weighted by Gasteiger charge is -2.48. The Hall–Kier alpha value is -2.55. The van der Waals surface area contributed by atoms with Crippen LogP contribution in [0.25, 0.3) is 0 Å². The van der Waals surface area contributed by atoms with Crippen LogP contribution in [-0.2, 0) is 0 Å². The van der Waals surface area contributed by atoms with Gasteiger partial charge in [0.05, 0.1) is 23.4 Å². The minimum atomic E-state index is -1.42. The fraction of sp³-hybridized carbons (Fsp3) is 0.526. The molecular weight excluding hydrogens is 298 g/mol. The minimum absolute atomic E-state index is 0.00139. The van der Waals surface area contributed by atoms with Gasteiger partial charge in [0.15, 0.2) is 5.41 Å². The molecule has 2 aliphatic carbocycles. The zero-order chi connectivity index (χ0) is 17.3. The van der Waals surface area contributed by atoms with E-state index in [1.807, 2.05) is 13.1 Å². The van der Waals surface area contributed by atoms with Crippen LogP contribution in [0.3, 0.4) is 0 Å². The normalized spacial score (nSPS) is 32.1. The third-order valence-electron chi connectivity index (χ3n) is 5.73. The van der Waals surface area contributed by atoms with E-state index >= 15 is 0 Å². The Balaban J connectivity index is 2.22. The number of allylic oxidation sites excluding steroid dienone is 4. The maximum absolute atomic E-state index is 9.94. The van der Waals surface area contributed by atoms with Gasteiger partial charge in [-0.1, -0.05) is 18.2 Å². The zero-order valence-corrected chi connectivity index (χ0v) is 13.9. The Bertz CT molecular complexity index is 738. The number of rotatable bonds is 1. The van der Waals surface area contributed by atoms with Crippen LogP contribution in [0, 0.1) is 57.2 Å². The summed E-state index contributed by atoms with van der Waals surface area (Å²) in [5.74, 6) is 0.0537. The molecule has 0 unspecified atom stereocenters. The summed E-state index contributed by atoms with van der Waals surface area (Å²) in [5.41, 5.74) is 6.29. The van der Waals surface area contributed by atoms with Crippen LogP contribution in [-0.4, -0.2) is 25.0 Å². The molecule has 0 aromatic rings. The predicted molar refractivity (Wildman–Crippen MR) is 89.5 cm³/mol. The van der Waals surface area contributed by atoms with Crippen molar-refractivity contribution in [3.63, 3.8) is 0 Å². The molecule has 0 aromatic heterocycles. The molecule has 0 saturated carbocycles. The quantitative estimate of drug-likeness (QED) is 0.747. The number of likely N-dealkylation sites (N-methyl/N-ethyl adjacent to an activating group) is 1. The van der Waals surface area contributed by atoms with Crippen molar-refractivity contribution in [3.8, 4) is 18.2 Å². The minimum Gasteiger partial charge on any atom is -0.399 e. The summed E-state index contributed by atoms with van der Waals surface area (Å²) in [6, 6.07) is 6.59. The van der Waals surface area contributed by atoms with E-state index in [4.69, 9.17) is 5.73 Å². The van der Waals surface area contributed by atoms with Gasteiger partial charge in [-0.2, -0.15) is 15.8 Å². The summed E-state index contributed by atoms with van der Waals surface area (Å²) < 4.78 is 0. The molecule has 3 aliphatic rings. The average molecular weight is 319 g/mol. The molecule has 0 radical (unpaired) electrons. The molecule has 2 N–H and O–H groups in total. The van der Waals surface area contributed by atoms with E-state index in [2.05, 4.69) is 35.3 Å². The van der Waals surface area contributed by atoms with Gasteiger partial charge in [-0.25, -0.2) is 0 Å². The first-order chi connectivity index (χ1) is 11.6. The van der Waals surface area contributed by atoms with E-state index in [1.165, 1.54) is 0 Å². The van der Waals surface area contributed by atoms with Gasteiger partial charge >= 0.3 is 0 Å². The maximum Gasteiger partial charge on any atom is 0.187 e. The lowest BCUT2D eigenvalue weighted by Crippen LogP contribution is -2.51. The molecule has 0 amide bonds. The van der Waals surface area contributed by atoms with Crippen molar-refractivity contribution in [2.24, 2.45) is 28.9 Å². The van der Waals surface area contributed by atoms with E-state index in [0.29, 0.717) is 5.57 Å². The fourth-order valence-electron chi connectivity index (χ4n) is 4.59. The van der Waals surface area contributed by atoms with Crippen LogP contribution in [0.2, 0.25) is 0 Å². The molecule has 0 spiro atoms. The first-order valence-corrected chi connectivity index (χ1v) is 8.35. The summed E-state index contributed by atoms with van der Waals surface area (Å²) in [7, 11) is 2.03. The Kier molecular flexibility index (Phi) is 4.18. The molecule has 3 rings (SSSR count). The molecule has 3 atom stereocenters. The summed E-state index contributed by atoms with van der Waals surface area (Å²) in [6.45, 7) is 1.51. The highest BCUT2D eigenvalue weighted by Gasteiger charge is 2.55. The Morgan fingerprint density at radius 3 is 2.58 bits per heavy atom. The van der Waals surface area contributed by atoms with Crippen LogP contribution in [0.5, 0.6) is 0 Å². The lowest BCUT2D eigenvalue weighted by molar-refractivity contribution is 0.120. The van der Waals surface area contributed by atoms with Gasteiger partial charge < -0.3 is 10.6 Å². The van der Waals surface area contributed by atoms with Crippen molar-refractivity contribution in [1.82, 2.24) is 4.90 Å². The molecular formula is C19H21N5. The monoisotopic (exact) mass is 319 g/mol. The van der Waals surface area contributed by atoms with E-state index in [0.717, 1.165) is 37.9 Å². The molecule has 122 valence electrons. The van der Waals surface area contributed by atoms with E-state index in [1.54, 1.807) is 0 Å². The Morgan fingerprint density at radius 1 is 1.25 bits per heavy atom. The first kappa shape index (κ1) is 16.3. The number of nitrogens with two attached hydrogens (primary N) is 1. The van der Waals surface area contributed by atoms with Crippen molar-refractivity contribution in [2.45, 2.75) is 19.3 Å². The molecule has 0 aromatic carbocycles. The molecule has 1 heterocycles. The van der Waals surface area contributed by atoms with Crippen LogP contribution < -0.4 is 5.73 Å². The fourth-order valence-corrected chi connectivity index (χ4v) is 4.59. The molecule has 24 heavy (non-hydrogen) atoms. The highest BCUT2D eigenvalue weighted by atomic mass is 15.1. The second-order valence-corrected chi connectivity index (χ2v) is 6.99. The van der Waals surface area contributed by atoms with Crippen LogP contribution in [0.1, 0.15) is 19.3 Å². The first-order valence-electron chi connectivity index (χ1n) is 8.35. The molecule has 1 aliphatic heterocycles. The number of hydrogen-bond acceptors (Lipinski definition) is 5. The van der Waals surface area contributed by atoms with Gasteiger partial charge in [0.25, 0.3) is 0 Å². The van der Waals surface area contributed by atoms with Crippen LogP contribution in [0.15, 0.2) is 35.1 Å². The molecule has 0 bridgehead atoms. The van der Waals surface area contributed by atoms with Gasteiger partial charge in [0, 0.05) is 24.9 Å². The average Bonchev–Trinajstić information content (AvgIpc) is 2.62. The van der Waals surface area contributed by atoms with Crippen LogP contribution >= 0.6 is 0 Å². The molecule has 0 fully saturated rings. The molecule has 5 heteroatoms. The molecule has 5 nitrogen and oxygen atoms in total. The van der Waals surface area contributed by atoms with Crippen molar-refractivity contribution in [3.05, 3.63) is 35.1 Å². The summed E-state index contributed by atoms with van der Waals surface area (Å²) in [4.78, 5) is 2.18. The van der Waals surface area contributed by atoms with Crippen LogP contribution in [0.4, 0.5) is 0 Å². The highest BCUT2D eigenvalue weighted by Crippen LogP contribution is 2.54. The van der Waals surface area contributed by atoms with E-state index in [-0.39, 0.29) is 23.5 Å². The smallest absolute Gasteiger partial charge is 0.187 e. The maximum atomic E-state index is 9.94. The largest absolute Gasteiger partial charge is 0.399 e. The standard InChI is InChI=1S/C19H21N5/c1-24-8-7-14-15(9-20)18(23)19(11-21,12-22)17(16(14)10-24)13-5-3-2-4-6-13/h2-3,7,13,16-17H,4-6,8,10,23H2,1H3/t13-,16-,17-/m1/s1. The van der Waals surface area contributed by atoms with Gasteiger partial charge in [-0.05, 0) is 37.8 Å². The summed E-state index contributed by atoms with van der Waals surface area (Å²) >= 11 is 0. The Labute approximate surface area is 142 Å².